The second-order valence-corrected chi connectivity index (χ2v) is 5.10. The van der Waals surface area contributed by atoms with Crippen molar-refractivity contribution in [1.29, 1.82) is 0 Å². The number of nitrogens with zero attached hydrogens (tertiary/aromatic N) is 2. The van der Waals surface area contributed by atoms with Crippen molar-refractivity contribution in [3.05, 3.63) is 59.7 Å². The molecule has 0 radical (unpaired) electrons. The second kappa shape index (κ2) is 5.25. The number of hydrogen-bond acceptors (Lipinski definition) is 1. The van der Waals surface area contributed by atoms with Crippen LogP contribution in [0.5, 0.6) is 0 Å². The molecule has 3 rings (SSSR count). The van der Waals surface area contributed by atoms with E-state index in [9.17, 15) is 4.39 Å². The molecule has 102 valence electrons. The summed E-state index contributed by atoms with van der Waals surface area (Å²) in [4.78, 5) is 4.57. The standard InChI is InChI=1S/C16H14ClFN2/c1-11-4-2-3-5-14(11)20-15-10-12(18)6-7-13(15)19-16(20)8-9-17/h2-7,10H,8-9H2,1H3. The van der Waals surface area contributed by atoms with E-state index in [1.807, 2.05) is 35.8 Å². The third-order valence-corrected chi connectivity index (χ3v) is 3.55. The molecule has 0 aliphatic heterocycles. The fourth-order valence-electron chi connectivity index (χ4n) is 2.43. The number of para-hydroxylation sites is 1. The highest BCUT2D eigenvalue weighted by Gasteiger charge is 2.13. The monoisotopic (exact) mass is 288 g/mol. The first kappa shape index (κ1) is 13.1. The van der Waals surface area contributed by atoms with Crippen LogP contribution in [0.25, 0.3) is 16.7 Å². The van der Waals surface area contributed by atoms with Gasteiger partial charge < -0.3 is 0 Å². The Bertz CT molecular complexity index is 764. The van der Waals surface area contributed by atoms with E-state index in [1.165, 1.54) is 12.1 Å². The smallest absolute Gasteiger partial charge is 0.125 e. The Labute approximate surface area is 121 Å². The average Bonchev–Trinajstić information content (AvgIpc) is 2.77. The summed E-state index contributed by atoms with van der Waals surface area (Å²) in [6.45, 7) is 2.03. The Morgan fingerprint density at radius 1 is 1.20 bits per heavy atom. The van der Waals surface area contributed by atoms with Gasteiger partial charge in [0.05, 0.1) is 16.7 Å². The molecule has 0 saturated heterocycles. The maximum Gasteiger partial charge on any atom is 0.125 e. The Kier molecular flexibility index (Phi) is 3.45. The molecule has 0 bridgehead atoms. The largest absolute Gasteiger partial charge is 0.296 e. The Morgan fingerprint density at radius 2 is 2.00 bits per heavy atom. The van der Waals surface area contributed by atoms with E-state index in [-0.39, 0.29) is 5.82 Å². The maximum absolute atomic E-state index is 13.6. The van der Waals surface area contributed by atoms with Crippen LogP contribution in [0.4, 0.5) is 4.39 Å². The molecule has 20 heavy (non-hydrogen) atoms. The molecule has 2 nitrogen and oxygen atoms in total. The lowest BCUT2D eigenvalue weighted by Gasteiger charge is -2.11. The van der Waals surface area contributed by atoms with Gasteiger partial charge >= 0.3 is 0 Å². The molecule has 0 unspecified atom stereocenters. The predicted octanol–water partition coefficient (Wildman–Crippen LogP) is 4.25. The van der Waals surface area contributed by atoms with Crippen LogP contribution in [0.2, 0.25) is 0 Å². The number of aryl methyl sites for hydroxylation is 2. The normalized spacial score (nSPS) is 11.2. The van der Waals surface area contributed by atoms with E-state index in [2.05, 4.69) is 4.98 Å². The minimum absolute atomic E-state index is 0.260. The summed E-state index contributed by atoms with van der Waals surface area (Å²) in [7, 11) is 0. The Hall–Kier alpha value is -1.87. The van der Waals surface area contributed by atoms with E-state index in [0.29, 0.717) is 12.3 Å². The summed E-state index contributed by atoms with van der Waals surface area (Å²) in [5.41, 5.74) is 3.70. The minimum atomic E-state index is -0.260. The van der Waals surface area contributed by atoms with Crippen molar-refractivity contribution in [2.75, 3.05) is 5.88 Å². The zero-order chi connectivity index (χ0) is 14.1. The average molecular weight is 289 g/mol. The van der Waals surface area contributed by atoms with Gasteiger partial charge in [-0.2, -0.15) is 0 Å². The van der Waals surface area contributed by atoms with Gasteiger partial charge in [0.25, 0.3) is 0 Å². The van der Waals surface area contributed by atoms with E-state index >= 15 is 0 Å². The zero-order valence-electron chi connectivity index (χ0n) is 11.1. The third-order valence-electron chi connectivity index (χ3n) is 3.36. The van der Waals surface area contributed by atoms with Crippen LogP contribution >= 0.6 is 11.6 Å². The molecule has 1 aromatic heterocycles. The molecule has 4 heteroatoms. The highest BCUT2D eigenvalue weighted by molar-refractivity contribution is 6.17. The van der Waals surface area contributed by atoms with Crippen LogP contribution in [0.3, 0.4) is 0 Å². The highest BCUT2D eigenvalue weighted by Crippen LogP contribution is 2.25. The summed E-state index contributed by atoms with van der Waals surface area (Å²) >= 11 is 5.87. The molecule has 0 atom stereocenters. The number of imidazole rings is 1. The Balaban J connectivity index is 2.34. The molecule has 0 aliphatic carbocycles. The zero-order valence-corrected chi connectivity index (χ0v) is 11.9. The van der Waals surface area contributed by atoms with Crippen LogP contribution in [0.1, 0.15) is 11.4 Å². The lowest BCUT2D eigenvalue weighted by atomic mass is 10.2. The molecule has 0 saturated carbocycles. The van der Waals surface area contributed by atoms with Crippen LogP contribution in [-0.4, -0.2) is 15.4 Å². The molecule has 3 aromatic rings. The molecular formula is C16H14ClFN2. The predicted molar refractivity (Wildman–Crippen MR) is 80.2 cm³/mol. The molecule has 0 amide bonds. The van der Waals surface area contributed by atoms with Gasteiger partial charge in [-0.25, -0.2) is 9.37 Å². The quantitative estimate of drug-likeness (QED) is 0.659. The van der Waals surface area contributed by atoms with Gasteiger partial charge in [-0.05, 0) is 30.7 Å². The number of hydrogen-bond donors (Lipinski definition) is 0. The van der Waals surface area contributed by atoms with Crippen molar-refractivity contribution in [3.63, 3.8) is 0 Å². The number of rotatable bonds is 3. The molecule has 0 fully saturated rings. The van der Waals surface area contributed by atoms with Gasteiger partial charge in [-0.3, -0.25) is 4.57 Å². The van der Waals surface area contributed by atoms with Gasteiger partial charge in [-0.15, -0.1) is 11.6 Å². The van der Waals surface area contributed by atoms with Crippen molar-refractivity contribution >= 4 is 22.6 Å². The lowest BCUT2D eigenvalue weighted by molar-refractivity contribution is 0.629. The highest BCUT2D eigenvalue weighted by atomic mass is 35.5. The molecule has 0 N–H and O–H groups in total. The van der Waals surface area contributed by atoms with Gasteiger partial charge in [-0.1, -0.05) is 18.2 Å². The molecular weight excluding hydrogens is 275 g/mol. The van der Waals surface area contributed by atoms with Gasteiger partial charge in [0.1, 0.15) is 11.6 Å². The first-order valence-corrected chi connectivity index (χ1v) is 7.03. The first-order chi connectivity index (χ1) is 9.70. The van der Waals surface area contributed by atoms with Crippen LogP contribution in [-0.2, 0) is 6.42 Å². The van der Waals surface area contributed by atoms with Gasteiger partial charge in [0, 0.05) is 18.4 Å². The van der Waals surface area contributed by atoms with Crippen molar-refractivity contribution in [3.8, 4) is 5.69 Å². The van der Waals surface area contributed by atoms with Gasteiger partial charge in [0.15, 0.2) is 0 Å². The molecule has 1 heterocycles. The second-order valence-electron chi connectivity index (χ2n) is 4.72. The first-order valence-electron chi connectivity index (χ1n) is 6.49. The van der Waals surface area contributed by atoms with E-state index < -0.39 is 0 Å². The summed E-state index contributed by atoms with van der Waals surface area (Å²) in [5, 5.41) is 0. The van der Waals surface area contributed by atoms with Crippen LogP contribution < -0.4 is 0 Å². The fraction of sp³-hybridized carbons (Fsp3) is 0.188. The van der Waals surface area contributed by atoms with Gasteiger partial charge in [0.2, 0.25) is 0 Å². The van der Waals surface area contributed by atoms with Crippen molar-refractivity contribution in [2.45, 2.75) is 13.3 Å². The van der Waals surface area contributed by atoms with Crippen molar-refractivity contribution in [1.82, 2.24) is 9.55 Å². The van der Waals surface area contributed by atoms with Crippen LogP contribution in [0, 0.1) is 12.7 Å². The van der Waals surface area contributed by atoms with Crippen molar-refractivity contribution in [2.24, 2.45) is 0 Å². The Morgan fingerprint density at radius 3 is 2.75 bits per heavy atom. The fourth-order valence-corrected chi connectivity index (χ4v) is 2.60. The number of alkyl halides is 1. The topological polar surface area (TPSA) is 17.8 Å². The summed E-state index contributed by atoms with van der Waals surface area (Å²) in [6.07, 6.45) is 0.645. The molecule has 0 spiro atoms. The van der Waals surface area contributed by atoms with E-state index in [1.54, 1.807) is 6.07 Å². The maximum atomic E-state index is 13.6. The summed E-state index contributed by atoms with van der Waals surface area (Å²) < 4.78 is 15.6. The lowest BCUT2D eigenvalue weighted by Crippen LogP contribution is -2.03. The number of fused-ring (bicyclic) bond motifs is 1. The number of benzene rings is 2. The minimum Gasteiger partial charge on any atom is -0.296 e. The van der Waals surface area contributed by atoms with E-state index in [4.69, 9.17) is 11.6 Å². The molecule has 0 aliphatic rings. The number of aromatic nitrogens is 2. The summed E-state index contributed by atoms with van der Waals surface area (Å²) in [5.74, 6) is 1.08. The van der Waals surface area contributed by atoms with Crippen molar-refractivity contribution < 1.29 is 4.39 Å². The molecule has 2 aromatic carbocycles. The SMILES string of the molecule is Cc1ccccc1-n1c(CCCl)nc2ccc(F)cc21. The number of halogens is 2. The van der Waals surface area contributed by atoms with E-state index in [0.717, 1.165) is 28.1 Å². The van der Waals surface area contributed by atoms with Crippen LogP contribution in [0.15, 0.2) is 42.5 Å². The third kappa shape index (κ3) is 2.18. The summed E-state index contributed by atoms with van der Waals surface area (Å²) in [6, 6.07) is 12.7.